The summed E-state index contributed by atoms with van der Waals surface area (Å²) in [6.45, 7) is 5.96. The van der Waals surface area contributed by atoms with Gasteiger partial charge in [0.25, 0.3) is 0 Å². The number of benzene rings is 1. The molecule has 0 aliphatic rings. The highest BCUT2D eigenvalue weighted by atomic mass is 16.6. The van der Waals surface area contributed by atoms with Gasteiger partial charge in [-0.2, -0.15) is 4.98 Å². The van der Waals surface area contributed by atoms with Crippen LogP contribution in [0.3, 0.4) is 0 Å². The van der Waals surface area contributed by atoms with Crippen molar-refractivity contribution in [2.45, 2.75) is 39.4 Å². The van der Waals surface area contributed by atoms with Crippen LogP contribution in [0.25, 0.3) is 0 Å². The third-order valence-electron chi connectivity index (χ3n) is 3.71. The number of aromatic nitrogens is 2. The molecule has 1 aromatic carbocycles. The van der Waals surface area contributed by atoms with Gasteiger partial charge in [-0.15, -0.1) is 0 Å². The highest BCUT2D eigenvalue weighted by molar-refractivity contribution is 5.78. The molecule has 0 aliphatic heterocycles. The van der Waals surface area contributed by atoms with Gasteiger partial charge >= 0.3 is 5.97 Å². The number of carbonyl (C=O) groups excluding carboxylic acids is 1. The monoisotopic (exact) mass is 344 g/mol. The maximum Gasteiger partial charge on any atom is 0.325 e. The molecule has 1 heterocycles. The lowest BCUT2D eigenvalue weighted by atomic mass is 10.1. The fraction of sp³-hybridized carbons (Fsp3) is 0.389. The van der Waals surface area contributed by atoms with Crippen molar-refractivity contribution in [3.05, 3.63) is 42.2 Å². The van der Waals surface area contributed by atoms with E-state index in [-0.39, 0.29) is 18.3 Å². The summed E-state index contributed by atoms with van der Waals surface area (Å²) in [5, 5.41) is 2.91. The normalized spacial score (nSPS) is 11.0. The van der Waals surface area contributed by atoms with Gasteiger partial charge in [-0.1, -0.05) is 37.3 Å². The Morgan fingerprint density at radius 3 is 2.64 bits per heavy atom. The second kappa shape index (κ2) is 8.32. The van der Waals surface area contributed by atoms with E-state index in [2.05, 4.69) is 15.3 Å². The first-order chi connectivity index (χ1) is 11.9. The molecule has 2 rings (SSSR count). The van der Waals surface area contributed by atoms with Gasteiger partial charge in [0, 0.05) is 0 Å². The van der Waals surface area contributed by atoms with Gasteiger partial charge in [-0.05, 0) is 25.8 Å². The van der Waals surface area contributed by atoms with Gasteiger partial charge < -0.3 is 20.5 Å². The molecular weight excluding hydrogens is 320 g/mol. The molecule has 0 bridgehead atoms. The molecule has 0 saturated carbocycles. The number of nitrogen functional groups attached to an aromatic ring is 1. The summed E-state index contributed by atoms with van der Waals surface area (Å²) >= 11 is 0. The number of hydrogen-bond acceptors (Lipinski definition) is 7. The van der Waals surface area contributed by atoms with Crippen molar-refractivity contribution < 1.29 is 14.3 Å². The number of nitrogens with two attached hydrogens (primary N) is 1. The minimum Gasteiger partial charge on any atom is -0.471 e. The Kier molecular flexibility index (Phi) is 6.16. The van der Waals surface area contributed by atoms with E-state index in [1.54, 1.807) is 0 Å². The van der Waals surface area contributed by atoms with Crippen LogP contribution in [0.4, 0.5) is 11.5 Å². The van der Waals surface area contributed by atoms with Gasteiger partial charge in [-0.25, -0.2) is 4.98 Å². The first kappa shape index (κ1) is 18.5. The Morgan fingerprint density at radius 1 is 1.24 bits per heavy atom. The summed E-state index contributed by atoms with van der Waals surface area (Å²) in [4.78, 5) is 20.0. The zero-order valence-corrected chi connectivity index (χ0v) is 14.8. The Bertz CT molecular complexity index is 705. The number of ether oxygens (including phenoxy) is 2. The quantitative estimate of drug-likeness (QED) is 0.710. The minimum atomic E-state index is -0.510. The van der Waals surface area contributed by atoms with E-state index in [1.807, 2.05) is 51.1 Å². The Hall–Kier alpha value is -2.83. The predicted molar refractivity (Wildman–Crippen MR) is 96.2 cm³/mol. The summed E-state index contributed by atoms with van der Waals surface area (Å²) in [6, 6.07) is 9.68. The first-order valence-electron chi connectivity index (χ1n) is 8.14. The molecule has 7 nitrogen and oxygen atoms in total. The third kappa shape index (κ3) is 5.63. The Morgan fingerprint density at radius 2 is 1.96 bits per heavy atom. The summed E-state index contributed by atoms with van der Waals surface area (Å²) in [7, 11) is 0. The maximum absolute atomic E-state index is 12.0. The largest absolute Gasteiger partial charge is 0.471 e. The number of anilines is 2. The van der Waals surface area contributed by atoms with Gasteiger partial charge in [-0.3, -0.25) is 4.79 Å². The van der Waals surface area contributed by atoms with Crippen LogP contribution in [0.15, 0.2) is 36.7 Å². The Labute approximate surface area is 147 Å². The lowest BCUT2D eigenvalue weighted by Gasteiger charge is -2.23. The molecule has 7 heteroatoms. The smallest absolute Gasteiger partial charge is 0.325 e. The fourth-order valence-electron chi connectivity index (χ4n) is 1.96. The lowest BCUT2D eigenvalue weighted by Crippen LogP contribution is -2.30. The van der Waals surface area contributed by atoms with Crippen molar-refractivity contribution in [3.63, 3.8) is 0 Å². The standard InChI is InChI=1S/C18H24N4O3/c1-4-18(2,3)25-14(23)10-20-15-16(19)21-12-22-17(15)24-11-13-8-6-5-7-9-13/h5-9,12,20H,4,10-11H2,1-3H3,(H2,19,21,22). The predicted octanol–water partition coefficient (Wildman–Crippen LogP) is 2.78. The summed E-state index contributed by atoms with van der Waals surface area (Å²) in [5.74, 6) is 0.114. The maximum atomic E-state index is 12.0. The van der Waals surface area contributed by atoms with Crippen LogP contribution in [0.2, 0.25) is 0 Å². The van der Waals surface area contributed by atoms with Crippen LogP contribution < -0.4 is 15.8 Å². The molecule has 0 saturated heterocycles. The summed E-state index contributed by atoms with van der Waals surface area (Å²) in [5.41, 5.74) is 6.75. The highest BCUT2D eigenvalue weighted by Gasteiger charge is 2.21. The number of carbonyl (C=O) groups is 1. The molecular formula is C18H24N4O3. The molecule has 0 atom stereocenters. The zero-order valence-electron chi connectivity index (χ0n) is 14.8. The molecule has 134 valence electrons. The minimum absolute atomic E-state index is 0.0529. The van der Waals surface area contributed by atoms with Crippen LogP contribution in [0.5, 0.6) is 5.88 Å². The van der Waals surface area contributed by atoms with Crippen LogP contribution >= 0.6 is 0 Å². The van der Waals surface area contributed by atoms with E-state index < -0.39 is 5.60 Å². The molecule has 1 aromatic heterocycles. The second-order valence-electron chi connectivity index (χ2n) is 6.15. The van der Waals surface area contributed by atoms with Crippen LogP contribution in [0.1, 0.15) is 32.8 Å². The lowest BCUT2D eigenvalue weighted by molar-refractivity contribution is -0.154. The average molecular weight is 344 g/mol. The topological polar surface area (TPSA) is 99.4 Å². The van der Waals surface area contributed by atoms with Crippen molar-refractivity contribution in [2.24, 2.45) is 0 Å². The molecule has 25 heavy (non-hydrogen) atoms. The summed E-state index contributed by atoms with van der Waals surface area (Å²) in [6.07, 6.45) is 2.04. The van der Waals surface area contributed by atoms with Crippen molar-refractivity contribution in [3.8, 4) is 5.88 Å². The fourth-order valence-corrected chi connectivity index (χ4v) is 1.96. The van der Waals surface area contributed by atoms with Crippen molar-refractivity contribution in [1.82, 2.24) is 9.97 Å². The van der Waals surface area contributed by atoms with Crippen molar-refractivity contribution in [2.75, 3.05) is 17.6 Å². The van der Waals surface area contributed by atoms with E-state index in [9.17, 15) is 4.79 Å². The van der Waals surface area contributed by atoms with Gasteiger partial charge in [0.15, 0.2) is 5.82 Å². The van der Waals surface area contributed by atoms with E-state index >= 15 is 0 Å². The second-order valence-corrected chi connectivity index (χ2v) is 6.15. The van der Waals surface area contributed by atoms with Gasteiger partial charge in [0.2, 0.25) is 5.88 Å². The number of rotatable bonds is 8. The highest BCUT2D eigenvalue weighted by Crippen LogP contribution is 2.27. The van der Waals surface area contributed by atoms with Crippen molar-refractivity contribution in [1.29, 1.82) is 0 Å². The summed E-state index contributed by atoms with van der Waals surface area (Å²) < 4.78 is 11.1. The van der Waals surface area contributed by atoms with Crippen LogP contribution in [0, 0.1) is 0 Å². The molecule has 3 N–H and O–H groups in total. The number of esters is 1. The molecule has 0 fully saturated rings. The van der Waals surface area contributed by atoms with E-state index in [1.165, 1.54) is 6.33 Å². The number of nitrogens with one attached hydrogen (secondary N) is 1. The zero-order chi connectivity index (χ0) is 18.3. The molecule has 0 unspecified atom stereocenters. The number of hydrogen-bond donors (Lipinski definition) is 2. The first-order valence-corrected chi connectivity index (χ1v) is 8.14. The van der Waals surface area contributed by atoms with E-state index in [4.69, 9.17) is 15.2 Å². The SMILES string of the molecule is CCC(C)(C)OC(=O)CNc1c(N)ncnc1OCc1ccccc1. The number of nitrogens with zero attached hydrogens (tertiary/aromatic N) is 2. The van der Waals surface area contributed by atoms with E-state index in [0.717, 1.165) is 12.0 Å². The van der Waals surface area contributed by atoms with Crippen LogP contribution in [-0.2, 0) is 16.1 Å². The molecule has 2 aromatic rings. The average Bonchev–Trinajstić information content (AvgIpc) is 2.59. The third-order valence-corrected chi connectivity index (χ3v) is 3.71. The van der Waals surface area contributed by atoms with Gasteiger partial charge in [0.05, 0.1) is 0 Å². The molecule has 0 amide bonds. The molecule has 0 radical (unpaired) electrons. The Balaban J connectivity index is 2.01. The molecule has 0 aliphatic carbocycles. The van der Waals surface area contributed by atoms with Crippen LogP contribution in [-0.4, -0.2) is 28.1 Å². The molecule has 0 spiro atoms. The van der Waals surface area contributed by atoms with Crippen molar-refractivity contribution >= 4 is 17.5 Å². The van der Waals surface area contributed by atoms with E-state index in [0.29, 0.717) is 18.2 Å². The van der Waals surface area contributed by atoms with Gasteiger partial charge in [0.1, 0.15) is 30.8 Å².